The van der Waals surface area contributed by atoms with Crippen LogP contribution in [0.3, 0.4) is 0 Å². The van der Waals surface area contributed by atoms with E-state index in [0.717, 1.165) is 16.7 Å². The summed E-state index contributed by atoms with van der Waals surface area (Å²) in [5.41, 5.74) is 2.54. The molecule has 0 bridgehead atoms. The Morgan fingerprint density at radius 3 is 2.62 bits per heavy atom. The molecular formula is C14H16O2. The lowest BCUT2D eigenvalue weighted by molar-refractivity contribution is 0.281. The normalized spacial score (nSPS) is 11.2. The Morgan fingerprint density at radius 2 is 2.06 bits per heavy atom. The van der Waals surface area contributed by atoms with Crippen LogP contribution in [0.25, 0.3) is 0 Å². The van der Waals surface area contributed by atoms with Crippen molar-refractivity contribution in [2.75, 3.05) is 0 Å². The van der Waals surface area contributed by atoms with Crippen molar-refractivity contribution in [2.45, 2.75) is 13.0 Å². The summed E-state index contributed by atoms with van der Waals surface area (Å²) in [6.07, 6.45) is 5.84. The highest BCUT2D eigenvalue weighted by atomic mass is 16.3. The number of aliphatic hydroxyl groups excluding tert-OH is 1. The van der Waals surface area contributed by atoms with Gasteiger partial charge in [-0.05, 0) is 28.8 Å². The molecule has 0 heterocycles. The molecule has 0 saturated carbocycles. The van der Waals surface area contributed by atoms with Crippen LogP contribution in [0.5, 0.6) is 5.75 Å². The van der Waals surface area contributed by atoms with Gasteiger partial charge in [-0.1, -0.05) is 37.5 Å². The standard InChI is InChI=1S/C14H16O2/c1-3-5-11(4-2)8-13-9-12(10-15)6-7-14(13)16/h3-7,9,15-16H,1-2,8,10H2/b11-5+. The lowest BCUT2D eigenvalue weighted by atomic mass is 10.0. The van der Waals surface area contributed by atoms with Crippen molar-refractivity contribution in [2.24, 2.45) is 0 Å². The summed E-state index contributed by atoms with van der Waals surface area (Å²) in [4.78, 5) is 0. The SMILES string of the molecule is C=C/C=C(\C=C)Cc1cc(CO)ccc1O. The Hall–Kier alpha value is -1.80. The third-order valence-electron chi connectivity index (χ3n) is 2.32. The smallest absolute Gasteiger partial charge is 0.119 e. The molecule has 0 saturated heterocycles. The van der Waals surface area contributed by atoms with Crippen molar-refractivity contribution in [3.05, 3.63) is 66.3 Å². The first-order chi connectivity index (χ1) is 7.71. The number of allylic oxidation sites excluding steroid dienone is 4. The van der Waals surface area contributed by atoms with Crippen molar-refractivity contribution in [3.63, 3.8) is 0 Å². The maximum atomic E-state index is 9.67. The molecule has 16 heavy (non-hydrogen) atoms. The van der Waals surface area contributed by atoms with Crippen LogP contribution in [-0.2, 0) is 13.0 Å². The zero-order valence-electron chi connectivity index (χ0n) is 9.19. The monoisotopic (exact) mass is 216 g/mol. The van der Waals surface area contributed by atoms with Gasteiger partial charge in [0.05, 0.1) is 6.61 Å². The van der Waals surface area contributed by atoms with Gasteiger partial charge in [0.25, 0.3) is 0 Å². The number of aromatic hydroxyl groups is 1. The second-order valence-corrected chi connectivity index (χ2v) is 3.48. The lowest BCUT2D eigenvalue weighted by Gasteiger charge is -2.07. The van der Waals surface area contributed by atoms with Crippen LogP contribution in [-0.4, -0.2) is 10.2 Å². The van der Waals surface area contributed by atoms with Crippen LogP contribution < -0.4 is 0 Å². The molecule has 2 heteroatoms. The maximum Gasteiger partial charge on any atom is 0.119 e. The summed E-state index contributed by atoms with van der Waals surface area (Å²) >= 11 is 0. The first-order valence-electron chi connectivity index (χ1n) is 5.07. The van der Waals surface area contributed by atoms with Crippen molar-refractivity contribution in [3.8, 4) is 5.75 Å². The van der Waals surface area contributed by atoms with E-state index in [2.05, 4.69) is 13.2 Å². The van der Waals surface area contributed by atoms with E-state index in [1.54, 1.807) is 30.4 Å². The van der Waals surface area contributed by atoms with Crippen LogP contribution >= 0.6 is 0 Å². The molecule has 2 N–H and O–H groups in total. The van der Waals surface area contributed by atoms with Crippen molar-refractivity contribution in [1.29, 1.82) is 0 Å². The van der Waals surface area contributed by atoms with Crippen LogP contribution in [0.15, 0.2) is 55.2 Å². The average Bonchev–Trinajstić information content (AvgIpc) is 2.31. The van der Waals surface area contributed by atoms with Crippen molar-refractivity contribution in [1.82, 2.24) is 0 Å². The molecule has 0 aliphatic carbocycles. The first kappa shape index (κ1) is 12.3. The minimum Gasteiger partial charge on any atom is -0.508 e. The van der Waals surface area contributed by atoms with Gasteiger partial charge in [0.1, 0.15) is 5.75 Å². The molecule has 0 atom stereocenters. The van der Waals surface area contributed by atoms with E-state index in [-0.39, 0.29) is 12.4 Å². The van der Waals surface area contributed by atoms with E-state index in [4.69, 9.17) is 5.11 Å². The van der Waals surface area contributed by atoms with Crippen LogP contribution in [0.1, 0.15) is 11.1 Å². The third kappa shape index (κ3) is 3.11. The summed E-state index contributed by atoms with van der Waals surface area (Å²) in [5, 5.41) is 18.7. The average molecular weight is 216 g/mol. The second kappa shape index (κ2) is 5.93. The lowest BCUT2D eigenvalue weighted by Crippen LogP contribution is -1.92. The summed E-state index contributed by atoms with van der Waals surface area (Å²) < 4.78 is 0. The molecule has 2 nitrogen and oxygen atoms in total. The highest BCUT2D eigenvalue weighted by Gasteiger charge is 2.03. The number of phenols is 1. The molecule has 0 amide bonds. The molecule has 0 unspecified atom stereocenters. The fourth-order valence-electron chi connectivity index (χ4n) is 1.45. The number of benzene rings is 1. The molecule has 0 fully saturated rings. The highest BCUT2D eigenvalue weighted by Crippen LogP contribution is 2.22. The molecule has 1 rings (SSSR count). The molecular weight excluding hydrogens is 200 g/mol. The van der Waals surface area contributed by atoms with Crippen LogP contribution in [0.4, 0.5) is 0 Å². The topological polar surface area (TPSA) is 40.5 Å². The molecule has 0 radical (unpaired) electrons. The molecule has 84 valence electrons. The number of aliphatic hydroxyl groups is 1. The van der Waals surface area contributed by atoms with E-state index in [0.29, 0.717) is 6.42 Å². The summed E-state index contributed by atoms with van der Waals surface area (Å²) in [7, 11) is 0. The van der Waals surface area contributed by atoms with E-state index in [1.807, 2.05) is 6.08 Å². The van der Waals surface area contributed by atoms with Gasteiger partial charge >= 0.3 is 0 Å². The number of rotatable bonds is 5. The first-order valence-corrected chi connectivity index (χ1v) is 5.07. The van der Waals surface area contributed by atoms with Crippen molar-refractivity contribution < 1.29 is 10.2 Å². The van der Waals surface area contributed by atoms with Crippen LogP contribution in [0.2, 0.25) is 0 Å². The Morgan fingerprint density at radius 1 is 1.31 bits per heavy atom. The predicted molar refractivity (Wildman–Crippen MR) is 66.2 cm³/mol. The summed E-state index contributed by atoms with van der Waals surface area (Å²) in [6.45, 7) is 7.29. The summed E-state index contributed by atoms with van der Waals surface area (Å²) in [6, 6.07) is 5.08. The number of phenolic OH excluding ortho intramolecular Hbond substituents is 1. The molecule has 0 spiro atoms. The highest BCUT2D eigenvalue weighted by molar-refractivity contribution is 5.40. The van der Waals surface area contributed by atoms with E-state index in [9.17, 15) is 5.11 Å². The van der Waals surface area contributed by atoms with Gasteiger partial charge in [0.15, 0.2) is 0 Å². The zero-order chi connectivity index (χ0) is 12.0. The van der Waals surface area contributed by atoms with Gasteiger partial charge in [-0.3, -0.25) is 0 Å². The van der Waals surface area contributed by atoms with E-state index in [1.165, 1.54) is 0 Å². The molecule has 0 aromatic heterocycles. The second-order valence-electron chi connectivity index (χ2n) is 3.48. The maximum absolute atomic E-state index is 9.67. The fraction of sp³-hybridized carbons (Fsp3) is 0.143. The largest absolute Gasteiger partial charge is 0.508 e. The summed E-state index contributed by atoms with van der Waals surface area (Å²) in [5.74, 6) is 0.231. The Bertz CT molecular complexity index is 417. The zero-order valence-corrected chi connectivity index (χ0v) is 9.19. The van der Waals surface area contributed by atoms with Crippen LogP contribution in [0, 0.1) is 0 Å². The van der Waals surface area contributed by atoms with E-state index >= 15 is 0 Å². The molecule has 1 aromatic carbocycles. The van der Waals surface area contributed by atoms with Gasteiger partial charge in [-0.2, -0.15) is 0 Å². The van der Waals surface area contributed by atoms with Crippen molar-refractivity contribution >= 4 is 0 Å². The Balaban J connectivity index is 2.99. The van der Waals surface area contributed by atoms with Gasteiger partial charge in [0, 0.05) is 6.42 Å². The Kier molecular flexibility index (Phi) is 4.55. The number of hydrogen-bond acceptors (Lipinski definition) is 2. The molecule has 1 aromatic rings. The number of hydrogen-bond donors (Lipinski definition) is 2. The van der Waals surface area contributed by atoms with Gasteiger partial charge in [0.2, 0.25) is 0 Å². The van der Waals surface area contributed by atoms with E-state index < -0.39 is 0 Å². The minimum absolute atomic E-state index is 0.0259. The predicted octanol–water partition coefficient (Wildman–Crippen LogP) is 2.73. The third-order valence-corrected chi connectivity index (χ3v) is 2.32. The Labute approximate surface area is 95.9 Å². The van der Waals surface area contributed by atoms with Gasteiger partial charge in [-0.25, -0.2) is 0 Å². The molecule has 0 aliphatic heterocycles. The molecule has 0 aliphatic rings. The minimum atomic E-state index is -0.0259. The quantitative estimate of drug-likeness (QED) is 0.743. The fourth-order valence-corrected chi connectivity index (χ4v) is 1.45. The van der Waals surface area contributed by atoms with Gasteiger partial charge < -0.3 is 10.2 Å². The van der Waals surface area contributed by atoms with Gasteiger partial charge in [-0.15, -0.1) is 0 Å².